The zero-order valence-electron chi connectivity index (χ0n) is 50.0. The molecule has 0 radical (unpaired) electrons. The first-order valence-corrected chi connectivity index (χ1v) is 30.8. The van der Waals surface area contributed by atoms with Crippen molar-refractivity contribution < 1.29 is 47.3 Å². The summed E-state index contributed by atoms with van der Waals surface area (Å²) >= 11 is 17.2. The summed E-state index contributed by atoms with van der Waals surface area (Å²) < 4.78 is 38.5. The molecule has 0 atom stereocenters. The van der Waals surface area contributed by atoms with E-state index in [0.29, 0.717) is 87.4 Å². The highest BCUT2D eigenvalue weighted by Gasteiger charge is 2.13. The van der Waals surface area contributed by atoms with E-state index in [2.05, 4.69) is 69.4 Å². The molecule has 0 saturated carbocycles. The molecule has 0 unspecified atom stereocenters. The van der Waals surface area contributed by atoms with Gasteiger partial charge in [0.2, 0.25) is 0 Å². The van der Waals surface area contributed by atoms with Crippen molar-refractivity contribution in [2.45, 2.75) is 26.2 Å². The van der Waals surface area contributed by atoms with Gasteiger partial charge in [-0.2, -0.15) is 14.6 Å². The number of nitrogens with two attached hydrogens (primary N) is 9. The molecule has 19 N–H and O–H groups in total. The number of esters is 4. The Morgan fingerprint density at radius 2 is 1.15 bits per heavy atom. The lowest BCUT2D eigenvalue weighted by molar-refractivity contribution is -0.142. The van der Waals surface area contributed by atoms with E-state index in [0.717, 1.165) is 50.6 Å². The minimum Gasteiger partial charge on any atom is -0.469 e. The molecule has 0 amide bonds. The lowest BCUT2D eigenvalue weighted by atomic mass is 10.1. The molecule has 0 saturated heterocycles. The largest absolute Gasteiger partial charge is 0.469 e. The predicted molar refractivity (Wildman–Crippen MR) is 363 cm³/mol. The second-order valence-corrected chi connectivity index (χ2v) is 23.4. The molecular formula is C55H64Cl2FN21O9S5. The fourth-order valence-corrected chi connectivity index (χ4v) is 9.23. The highest BCUT2D eigenvalue weighted by atomic mass is 35.5. The third kappa shape index (κ3) is 33.3. The van der Waals surface area contributed by atoms with Crippen LogP contribution in [-0.4, -0.2) is 112 Å². The Morgan fingerprint density at radius 3 is 1.51 bits per heavy atom. The summed E-state index contributed by atoms with van der Waals surface area (Å²) in [5.74, 6) is 1.95. The van der Waals surface area contributed by atoms with Crippen LogP contribution in [0.1, 0.15) is 48.7 Å². The number of carbonyl (C=O) groups is 4. The van der Waals surface area contributed by atoms with E-state index in [1.54, 1.807) is 109 Å². The van der Waals surface area contributed by atoms with E-state index >= 15 is 0 Å². The minimum absolute atomic E-state index is 0.0837. The minimum atomic E-state index is -0.379. The fraction of sp³-hybridized carbons (Fsp3) is 0.164. The van der Waals surface area contributed by atoms with E-state index in [1.165, 1.54) is 73.9 Å². The van der Waals surface area contributed by atoms with Crippen LogP contribution in [0.2, 0.25) is 8.67 Å². The Kier molecular flexibility index (Phi) is 35.2. The molecule has 11 rings (SSSR count). The number of anilines is 9. The van der Waals surface area contributed by atoms with Crippen LogP contribution < -0.4 is 56.3 Å². The van der Waals surface area contributed by atoms with E-state index in [4.69, 9.17) is 84.3 Å². The third-order valence-corrected chi connectivity index (χ3v) is 14.2. The average Bonchev–Trinajstić information content (AvgIpc) is 1.93. The smallest absolute Gasteiger partial charge is 0.337 e. The number of benzene rings is 2. The van der Waals surface area contributed by atoms with Crippen LogP contribution in [0.25, 0.3) is 0 Å². The molecule has 0 aliphatic carbocycles. The van der Waals surface area contributed by atoms with Crippen LogP contribution in [-0.2, 0) is 54.8 Å². The zero-order valence-corrected chi connectivity index (χ0v) is 55.6. The van der Waals surface area contributed by atoms with Crippen LogP contribution in [0.4, 0.5) is 53.3 Å². The molecule has 11 aromatic rings. The number of pyridine rings is 1. The first kappa shape index (κ1) is 76.9. The van der Waals surface area contributed by atoms with Crippen LogP contribution in [0.15, 0.2) is 135 Å². The van der Waals surface area contributed by atoms with Crippen molar-refractivity contribution in [2.75, 3.05) is 79.5 Å². The number of carbonyl (C=O) groups excluding carboxylic acids is 4. The van der Waals surface area contributed by atoms with E-state index in [1.807, 2.05) is 19.2 Å². The maximum Gasteiger partial charge on any atom is 0.337 e. The molecule has 2 aromatic carbocycles. The molecule has 9 heterocycles. The van der Waals surface area contributed by atoms with Crippen molar-refractivity contribution in [3.05, 3.63) is 181 Å². The summed E-state index contributed by atoms with van der Waals surface area (Å²) in [5, 5.41) is 11.8. The number of rotatable bonds is 11. The molecule has 0 bridgehead atoms. The van der Waals surface area contributed by atoms with Crippen molar-refractivity contribution in [3.8, 4) is 11.5 Å². The number of thiazole rings is 5. The Labute approximate surface area is 561 Å². The maximum absolute atomic E-state index is 11.8. The number of halogens is 3. The van der Waals surface area contributed by atoms with Crippen LogP contribution in [0.3, 0.4) is 0 Å². The summed E-state index contributed by atoms with van der Waals surface area (Å²) in [6.45, 7) is 2.10. The molecule has 93 heavy (non-hydrogen) atoms. The van der Waals surface area contributed by atoms with Gasteiger partial charge in [-0.3, -0.25) is 24.4 Å². The average molecular weight is 1410 g/mol. The maximum atomic E-state index is 11.8. The first-order chi connectivity index (χ1) is 44.4. The molecule has 0 aliphatic heterocycles. The van der Waals surface area contributed by atoms with Crippen LogP contribution in [0, 0.1) is 5.13 Å². The third-order valence-electron chi connectivity index (χ3n) is 9.83. The predicted octanol–water partition coefficient (Wildman–Crippen LogP) is 8.57. The van der Waals surface area contributed by atoms with Gasteiger partial charge in [0.1, 0.15) is 43.4 Å². The van der Waals surface area contributed by atoms with Gasteiger partial charge in [0.15, 0.2) is 30.8 Å². The number of H-pyrrole nitrogens is 1. The van der Waals surface area contributed by atoms with Gasteiger partial charge in [-0.1, -0.05) is 69.3 Å². The van der Waals surface area contributed by atoms with Gasteiger partial charge >= 0.3 is 23.9 Å². The molecule has 0 fully saturated rings. The standard InChI is InChI=1S/C13H12N2O3.C12H12N2O2S.C7H9ClN2O2S.C6H8N2O2S.C4H7N3.C4H5N3.C3H3ClN2S.C3H3FN2S.C3H5N3/c1-17-13(16)9-2-4-10(5-3-9)18-11-6-7-12(14)15-8-11;1-16-11(15)9-4-2-8(3-5-9)6-10-7-14-12(13)17-10;1-2-12-5(11)3-4-6(8)13-7(9)10-4;1-10-5(9)2-4-3-8-6(7)11-4;1-7-3-2-4(5)6-7;5-4-3-6-1-2-7-4;2*4-2-1-6-3(5)7-2;4-3-1-2-5-6-3/h2-8H,1H3,(H2,14,15);2-5,7H,6H2,1H3,(H2,13,14);2-3H2,1H3,(H2,9,10);3H,2H2,1H3,(H2,7,8);2-3H,1H3,(H2,5,6);1-3H,(H2,5,7);2*1H,(H2,5,6);1-2H,(H3,4,5,6). The molecule has 30 nitrogen and oxygen atoms in total. The van der Waals surface area contributed by atoms with Gasteiger partial charge in [-0.05, 0) is 73.2 Å². The van der Waals surface area contributed by atoms with Gasteiger partial charge in [-0.15, -0.1) is 22.7 Å². The SMILES string of the molecule is CCOC(=O)Cc1nc(N)sc1Cl.COC(=O)Cc1cnc(N)s1.COC(=O)c1ccc(Cc2cnc(N)s2)cc1.COC(=O)c1ccc(Oc2ccc(N)nc2)cc1.Cn1ccc(N)n1.Nc1ccn[nH]1.Nc1cnccn1.Nc1ncc(Cl)s1.Nc1ncc(F)s1. The van der Waals surface area contributed by atoms with Gasteiger partial charge < -0.3 is 75.3 Å². The van der Waals surface area contributed by atoms with Crippen molar-refractivity contribution >= 4 is 153 Å². The van der Waals surface area contributed by atoms with Gasteiger partial charge in [-0.25, -0.2) is 44.5 Å². The number of aryl methyl sites for hydroxylation is 1. The lowest BCUT2D eigenvalue weighted by Gasteiger charge is -2.06. The summed E-state index contributed by atoms with van der Waals surface area (Å²) in [7, 11) is 5.90. The number of aromatic amines is 1. The molecule has 38 heteroatoms. The van der Waals surface area contributed by atoms with E-state index in [-0.39, 0.29) is 47.0 Å². The van der Waals surface area contributed by atoms with Crippen molar-refractivity contribution in [3.63, 3.8) is 0 Å². The number of nitrogen functional groups attached to an aromatic ring is 9. The quantitative estimate of drug-likeness (QED) is 0.0428. The topological polar surface area (TPSA) is 498 Å². The molecule has 9 aromatic heterocycles. The number of methoxy groups -OCH3 is 3. The summed E-state index contributed by atoms with van der Waals surface area (Å²) in [4.78, 5) is 76.2. The number of nitrogens with one attached hydrogen (secondary N) is 1. The number of hydrogen-bond donors (Lipinski definition) is 10. The molecule has 494 valence electrons. The van der Waals surface area contributed by atoms with Gasteiger partial charge in [0.05, 0.1) is 88.6 Å². The summed E-state index contributed by atoms with van der Waals surface area (Å²) in [6, 6.07) is 20.8. The first-order valence-electron chi connectivity index (χ1n) is 25.9. The second-order valence-electron chi connectivity index (χ2n) is 16.8. The Morgan fingerprint density at radius 1 is 0.559 bits per heavy atom. The van der Waals surface area contributed by atoms with E-state index < -0.39 is 0 Å². The highest BCUT2D eigenvalue weighted by molar-refractivity contribution is 7.19. The Bertz CT molecular complexity index is 3760. The number of aromatic nitrogens is 12. The molecule has 0 spiro atoms. The highest BCUT2D eigenvalue weighted by Crippen LogP contribution is 2.27. The van der Waals surface area contributed by atoms with Gasteiger partial charge in [0, 0.05) is 54.2 Å². The summed E-state index contributed by atoms with van der Waals surface area (Å²) in [5.41, 5.74) is 50.2. The Hall–Kier alpha value is -10.4. The normalized spacial score (nSPS) is 9.59. The second kappa shape index (κ2) is 42.6. The number of hydrogen-bond acceptors (Lipinski definition) is 33. The van der Waals surface area contributed by atoms with Crippen LogP contribution in [0.5, 0.6) is 11.5 Å². The molecular weight excluding hydrogens is 1350 g/mol. The zero-order chi connectivity index (χ0) is 68.7. The van der Waals surface area contributed by atoms with Crippen molar-refractivity contribution in [1.29, 1.82) is 0 Å². The van der Waals surface area contributed by atoms with Gasteiger partial charge in [0.25, 0.3) is 0 Å². The lowest BCUT2D eigenvalue weighted by Crippen LogP contribution is -2.08. The monoisotopic (exact) mass is 1410 g/mol. The summed E-state index contributed by atoms with van der Waals surface area (Å²) in [6.07, 6.45) is 16.7. The van der Waals surface area contributed by atoms with Crippen molar-refractivity contribution in [2.24, 2.45) is 7.05 Å². The fourth-order valence-electron chi connectivity index (χ4n) is 5.82. The van der Waals surface area contributed by atoms with E-state index in [9.17, 15) is 23.6 Å². The van der Waals surface area contributed by atoms with Crippen molar-refractivity contribution in [1.82, 2.24) is 59.8 Å². The Balaban J connectivity index is 0.000000281. The molecule has 0 aliphatic rings. The van der Waals surface area contributed by atoms with Crippen LogP contribution >= 0.6 is 79.9 Å². The number of nitrogens with zero attached hydrogens (tertiary/aromatic N) is 11. The number of ether oxygens (including phenoxy) is 5.